The molecule has 0 aromatic heterocycles. The Morgan fingerprint density at radius 2 is 2.11 bits per heavy atom. The molecule has 0 unspecified atom stereocenters. The lowest BCUT2D eigenvalue weighted by molar-refractivity contribution is 0.0696. The number of carboxylic acid groups (broad SMARTS) is 1. The molecule has 0 aliphatic carbocycles. The van der Waals surface area contributed by atoms with Crippen LogP contribution in [0.25, 0.3) is 0 Å². The van der Waals surface area contributed by atoms with Gasteiger partial charge in [-0.05, 0) is 30.5 Å². The Balaban J connectivity index is 2.60. The maximum Gasteiger partial charge on any atom is 0.335 e. The van der Waals surface area contributed by atoms with Crippen molar-refractivity contribution in [3.05, 3.63) is 29.6 Å². The van der Waals surface area contributed by atoms with Crippen molar-refractivity contribution in [2.45, 2.75) is 26.4 Å². The zero-order valence-electron chi connectivity index (χ0n) is 10.3. The lowest BCUT2D eigenvalue weighted by atomic mass is 10.1. The van der Waals surface area contributed by atoms with E-state index in [0.29, 0.717) is 6.42 Å². The summed E-state index contributed by atoms with van der Waals surface area (Å²) in [5.74, 6) is -1.95. The highest BCUT2D eigenvalue weighted by Gasteiger charge is 2.13. The first-order valence-corrected chi connectivity index (χ1v) is 5.70. The molecule has 0 saturated heterocycles. The van der Waals surface area contributed by atoms with Gasteiger partial charge in [-0.15, -0.1) is 0 Å². The Labute approximate surface area is 104 Å². The van der Waals surface area contributed by atoms with Crippen LogP contribution in [0.4, 0.5) is 8.78 Å². The summed E-state index contributed by atoms with van der Waals surface area (Å²) in [6.07, 6.45) is -0.821. The zero-order chi connectivity index (χ0) is 13.7. The van der Waals surface area contributed by atoms with Crippen LogP contribution in [0.5, 0.6) is 5.75 Å². The van der Waals surface area contributed by atoms with Crippen LogP contribution in [-0.4, -0.2) is 23.9 Å². The first kappa shape index (κ1) is 14.4. The van der Waals surface area contributed by atoms with Crippen molar-refractivity contribution in [2.75, 3.05) is 6.61 Å². The standard InChI is InChI=1S/C13H16F2O3/c1-8(2)5-10(14)7-18-12-4-3-9(13(16)17)6-11(12)15/h3-4,6,8,10H,5,7H2,1-2H3,(H,16,17)/t10-/m1/s1. The lowest BCUT2D eigenvalue weighted by Gasteiger charge is -2.12. The molecule has 1 atom stereocenters. The Morgan fingerprint density at radius 1 is 1.44 bits per heavy atom. The molecule has 0 aliphatic rings. The van der Waals surface area contributed by atoms with E-state index in [-0.39, 0.29) is 23.8 Å². The minimum atomic E-state index is -1.22. The van der Waals surface area contributed by atoms with Crippen LogP contribution in [0.2, 0.25) is 0 Å². The van der Waals surface area contributed by atoms with Gasteiger partial charge in [0.05, 0.1) is 5.56 Å². The Bertz CT molecular complexity index is 419. The highest BCUT2D eigenvalue weighted by atomic mass is 19.1. The molecule has 0 saturated carbocycles. The molecule has 0 spiro atoms. The summed E-state index contributed by atoms with van der Waals surface area (Å²) in [6.45, 7) is 3.53. The maximum absolute atomic E-state index is 13.4. The third-order valence-electron chi connectivity index (χ3n) is 2.33. The van der Waals surface area contributed by atoms with Gasteiger partial charge >= 0.3 is 5.97 Å². The quantitative estimate of drug-likeness (QED) is 0.851. The van der Waals surface area contributed by atoms with Crippen molar-refractivity contribution in [3.8, 4) is 5.75 Å². The second-order valence-corrected chi connectivity index (χ2v) is 4.49. The summed E-state index contributed by atoms with van der Waals surface area (Å²) in [6, 6.07) is 3.27. The van der Waals surface area contributed by atoms with Gasteiger partial charge in [-0.25, -0.2) is 13.6 Å². The lowest BCUT2D eigenvalue weighted by Crippen LogP contribution is -2.15. The Hall–Kier alpha value is -1.65. The molecule has 0 amide bonds. The predicted octanol–water partition coefficient (Wildman–Crippen LogP) is 3.29. The number of benzene rings is 1. The number of aromatic carboxylic acids is 1. The second kappa shape index (κ2) is 6.33. The van der Waals surface area contributed by atoms with E-state index in [1.165, 1.54) is 12.1 Å². The van der Waals surface area contributed by atoms with Crippen LogP contribution < -0.4 is 4.74 Å². The summed E-state index contributed by atoms with van der Waals surface area (Å²) < 4.78 is 31.7. The first-order valence-electron chi connectivity index (χ1n) is 5.70. The average molecular weight is 258 g/mol. The summed E-state index contributed by atoms with van der Waals surface area (Å²) >= 11 is 0. The molecule has 0 radical (unpaired) electrons. The number of carboxylic acids is 1. The topological polar surface area (TPSA) is 46.5 Å². The van der Waals surface area contributed by atoms with Gasteiger partial charge in [-0.3, -0.25) is 0 Å². The molecule has 1 rings (SSSR count). The number of carbonyl (C=O) groups is 1. The smallest absolute Gasteiger partial charge is 0.335 e. The van der Waals surface area contributed by atoms with E-state index < -0.39 is 18.0 Å². The minimum Gasteiger partial charge on any atom is -0.487 e. The number of halogens is 2. The molecule has 5 heteroatoms. The summed E-state index contributed by atoms with van der Waals surface area (Å²) in [5.41, 5.74) is -0.168. The summed E-state index contributed by atoms with van der Waals surface area (Å²) in [7, 11) is 0. The fraction of sp³-hybridized carbons (Fsp3) is 0.462. The van der Waals surface area contributed by atoms with Gasteiger partial charge < -0.3 is 9.84 Å². The number of hydrogen-bond donors (Lipinski definition) is 1. The fourth-order valence-corrected chi connectivity index (χ4v) is 1.51. The summed E-state index contributed by atoms with van der Waals surface area (Å²) in [5, 5.41) is 8.65. The third kappa shape index (κ3) is 4.31. The highest BCUT2D eigenvalue weighted by molar-refractivity contribution is 5.87. The number of alkyl halides is 1. The number of hydrogen-bond acceptors (Lipinski definition) is 2. The van der Waals surface area contributed by atoms with Crippen LogP contribution in [0, 0.1) is 11.7 Å². The van der Waals surface area contributed by atoms with Crippen LogP contribution in [0.1, 0.15) is 30.6 Å². The van der Waals surface area contributed by atoms with E-state index in [1.54, 1.807) is 0 Å². The Morgan fingerprint density at radius 3 is 2.61 bits per heavy atom. The minimum absolute atomic E-state index is 0.133. The highest BCUT2D eigenvalue weighted by Crippen LogP contribution is 2.19. The zero-order valence-corrected chi connectivity index (χ0v) is 10.3. The van der Waals surface area contributed by atoms with Gasteiger partial charge in [-0.2, -0.15) is 0 Å². The van der Waals surface area contributed by atoms with Crippen molar-refractivity contribution < 1.29 is 23.4 Å². The monoisotopic (exact) mass is 258 g/mol. The number of rotatable bonds is 6. The molecule has 0 bridgehead atoms. The van der Waals surface area contributed by atoms with E-state index in [1.807, 2.05) is 13.8 Å². The molecule has 3 nitrogen and oxygen atoms in total. The van der Waals surface area contributed by atoms with Crippen LogP contribution >= 0.6 is 0 Å². The normalized spacial score (nSPS) is 12.5. The van der Waals surface area contributed by atoms with Gasteiger partial charge in [0.2, 0.25) is 0 Å². The molecule has 1 aromatic carbocycles. The molecule has 100 valence electrons. The molecule has 18 heavy (non-hydrogen) atoms. The van der Waals surface area contributed by atoms with Crippen molar-refractivity contribution in [1.29, 1.82) is 0 Å². The van der Waals surface area contributed by atoms with Gasteiger partial charge in [0.25, 0.3) is 0 Å². The average Bonchev–Trinajstić information content (AvgIpc) is 2.26. The Kier molecular flexibility index (Phi) is 5.07. The van der Waals surface area contributed by atoms with Gasteiger partial charge in [0.1, 0.15) is 12.8 Å². The third-order valence-corrected chi connectivity index (χ3v) is 2.33. The van der Waals surface area contributed by atoms with E-state index in [2.05, 4.69) is 0 Å². The first-order chi connectivity index (χ1) is 8.40. The van der Waals surface area contributed by atoms with Gasteiger partial charge in [-0.1, -0.05) is 13.8 Å². The maximum atomic E-state index is 13.4. The van der Waals surface area contributed by atoms with Crippen molar-refractivity contribution >= 4 is 5.97 Å². The van der Waals surface area contributed by atoms with E-state index in [9.17, 15) is 13.6 Å². The van der Waals surface area contributed by atoms with E-state index in [4.69, 9.17) is 9.84 Å². The fourth-order valence-electron chi connectivity index (χ4n) is 1.51. The van der Waals surface area contributed by atoms with E-state index in [0.717, 1.165) is 6.07 Å². The van der Waals surface area contributed by atoms with Gasteiger partial charge in [0, 0.05) is 0 Å². The molecular formula is C13H16F2O3. The summed E-state index contributed by atoms with van der Waals surface area (Å²) in [4.78, 5) is 10.6. The molecular weight excluding hydrogens is 242 g/mol. The van der Waals surface area contributed by atoms with Crippen LogP contribution in [-0.2, 0) is 0 Å². The molecule has 0 aliphatic heterocycles. The second-order valence-electron chi connectivity index (χ2n) is 4.49. The molecule has 0 fully saturated rings. The number of ether oxygens (including phenoxy) is 1. The van der Waals surface area contributed by atoms with Crippen molar-refractivity contribution in [1.82, 2.24) is 0 Å². The van der Waals surface area contributed by atoms with E-state index >= 15 is 0 Å². The largest absolute Gasteiger partial charge is 0.487 e. The van der Waals surface area contributed by atoms with Crippen LogP contribution in [0.15, 0.2) is 18.2 Å². The molecule has 1 N–H and O–H groups in total. The van der Waals surface area contributed by atoms with Crippen molar-refractivity contribution in [2.24, 2.45) is 5.92 Å². The predicted molar refractivity (Wildman–Crippen MR) is 63.2 cm³/mol. The van der Waals surface area contributed by atoms with Crippen LogP contribution in [0.3, 0.4) is 0 Å². The van der Waals surface area contributed by atoms with Crippen molar-refractivity contribution in [3.63, 3.8) is 0 Å². The van der Waals surface area contributed by atoms with Gasteiger partial charge in [0.15, 0.2) is 11.6 Å². The molecule has 1 aromatic rings. The molecule has 0 heterocycles. The SMILES string of the molecule is CC(C)C[C@@H](F)COc1ccc(C(=O)O)cc1F.